The summed E-state index contributed by atoms with van der Waals surface area (Å²) in [5, 5.41) is 10.7. The molecule has 0 bridgehead atoms. The first-order chi connectivity index (χ1) is 13.2. The number of aliphatic hydroxyl groups is 1. The van der Waals surface area contributed by atoms with Crippen molar-refractivity contribution in [2.45, 2.75) is 33.7 Å². The molecule has 2 aromatic rings. The fourth-order valence-corrected chi connectivity index (χ4v) is 3.51. The number of anilines is 1. The molecular weight excluding hydrogens is 354 g/mol. The lowest BCUT2D eigenvalue weighted by molar-refractivity contribution is -0.123. The van der Waals surface area contributed by atoms with Gasteiger partial charge in [0.15, 0.2) is 11.5 Å². The van der Waals surface area contributed by atoms with Gasteiger partial charge >= 0.3 is 0 Å². The minimum absolute atomic E-state index is 0.102. The van der Waals surface area contributed by atoms with Crippen LogP contribution in [0.1, 0.15) is 37.9 Å². The van der Waals surface area contributed by atoms with Crippen molar-refractivity contribution in [1.82, 2.24) is 0 Å². The zero-order valence-corrected chi connectivity index (χ0v) is 16.8. The predicted molar refractivity (Wildman–Crippen MR) is 109 cm³/mol. The molecule has 3 rings (SSSR count). The number of para-hydroxylation sites is 2. The molecule has 1 N–H and O–H groups in total. The van der Waals surface area contributed by atoms with Crippen LogP contribution >= 0.6 is 0 Å². The van der Waals surface area contributed by atoms with Crippen LogP contribution in [-0.2, 0) is 9.59 Å². The second-order valence-corrected chi connectivity index (χ2v) is 7.95. The highest BCUT2D eigenvalue weighted by atomic mass is 16.5. The average Bonchev–Trinajstić information content (AvgIpc) is 2.91. The number of ether oxygens (including phenoxy) is 1. The topological polar surface area (TPSA) is 66.8 Å². The second-order valence-electron chi connectivity index (χ2n) is 7.95. The van der Waals surface area contributed by atoms with Crippen LogP contribution in [0.4, 0.5) is 5.69 Å². The number of hydrogen-bond acceptors (Lipinski definition) is 4. The quantitative estimate of drug-likeness (QED) is 0.848. The summed E-state index contributed by atoms with van der Waals surface area (Å²) in [5.41, 5.74) is 1.51. The van der Waals surface area contributed by atoms with E-state index in [-0.39, 0.29) is 11.4 Å². The van der Waals surface area contributed by atoms with Crippen molar-refractivity contribution in [2.75, 3.05) is 12.0 Å². The van der Waals surface area contributed by atoms with E-state index in [1.54, 1.807) is 33.9 Å². The van der Waals surface area contributed by atoms with Gasteiger partial charge in [-0.1, -0.05) is 57.2 Å². The van der Waals surface area contributed by atoms with E-state index in [0.29, 0.717) is 17.0 Å². The molecule has 28 heavy (non-hydrogen) atoms. The summed E-state index contributed by atoms with van der Waals surface area (Å²) in [6.07, 6.45) is 0. The molecule has 1 unspecified atom stereocenters. The van der Waals surface area contributed by atoms with Gasteiger partial charge in [0.1, 0.15) is 5.75 Å². The zero-order valence-electron chi connectivity index (χ0n) is 16.8. The molecule has 1 heterocycles. The summed E-state index contributed by atoms with van der Waals surface area (Å²) in [5.74, 6) is -0.810. The minimum Gasteiger partial charge on any atom is -0.503 e. The van der Waals surface area contributed by atoms with E-state index in [1.807, 2.05) is 49.4 Å². The average molecular weight is 379 g/mol. The third-order valence-corrected chi connectivity index (χ3v) is 4.94. The Labute approximate surface area is 165 Å². The van der Waals surface area contributed by atoms with Gasteiger partial charge in [0.25, 0.3) is 5.91 Å². The highest BCUT2D eigenvalue weighted by molar-refractivity contribution is 6.17. The second kappa shape index (κ2) is 7.15. The molecule has 0 aromatic heterocycles. The largest absolute Gasteiger partial charge is 0.503 e. The van der Waals surface area contributed by atoms with E-state index in [9.17, 15) is 14.7 Å². The maximum atomic E-state index is 13.2. The summed E-state index contributed by atoms with van der Waals surface area (Å²) in [6.45, 7) is 7.21. The number of hydrogen-bond donors (Lipinski definition) is 1. The molecule has 0 aliphatic carbocycles. The number of carbonyl (C=O) groups is 2. The van der Waals surface area contributed by atoms with Gasteiger partial charge in [-0.25, -0.2) is 0 Å². The van der Waals surface area contributed by atoms with Crippen LogP contribution in [0.15, 0.2) is 59.9 Å². The van der Waals surface area contributed by atoms with Crippen LogP contribution in [0.3, 0.4) is 0 Å². The minimum atomic E-state index is -0.767. The van der Waals surface area contributed by atoms with Gasteiger partial charge in [-0.3, -0.25) is 14.5 Å². The summed E-state index contributed by atoms with van der Waals surface area (Å²) in [6, 6.07) is 13.9. The molecule has 1 aliphatic heterocycles. The zero-order chi connectivity index (χ0) is 20.6. The van der Waals surface area contributed by atoms with Crippen molar-refractivity contribution >= 4 is 17.4 Å². The molecule has 0 saturated heterocycles. The van der Waals surface area contributed by atoms with Crippen molar-refractivity contribution in [3.8, 4) is 5.75 Å². The van der Waals surface area contributed by atoms with Crippen molar-refractivity contribution in [1.29, 1.82) is 0 Å². The third kappa shape index (κ3) is 3.17. The van der Waals surface area contributed by atoms with Crippen molar-refractivity contribution < 1.29 is 19.4 Å². The molecule has 0 radical (unpaired) electrons. The van der Waals surface area contributed by atoms with Gasteiger partial charge in [0.05, 0.1) is 18.7 Å². The maximum Gasteiger partial charge on any atom is 0.294 e. The molecule has 146 valence electrons. The van der Waals surface area contributed by atoms with E-state index in [4.69, 9.17) is 4.74 Å². The van der Waals surface area contributed by atoms with Gasteiger partial charge < -0.3 is 9.84 Å². The molecule has 0 spiro atoms. The lowest BCUT2D eigenvalue weighted by Gasteiger charge is -2.30. The maximum absolute atomic E-state index is 13.2. The van der Waals surface area contributed by atoms with Crippen LogP contribution in [0.25, 0.3) is 0 Å². The number of carbonyl (C=O) groups excluding carboxylic acids is 2. The van der Waals surface area contributed by atoms with Crippen LogP contribution in [-0.4, -0.2) is 23.9 Å². The highest BCUT2D eigenvalue weighted by Gasteiger charge is 2.47. The Morgan fingerprint density at radius 2 is 1.68 bits per heavy atom. The molecule has 1 atom stereocenters. The highest BCUT2D eigenvalue weighted by Crippen LogP contribution is 2.46. The van der Waals surface area contributed by atoms with Crippen LogP contribution in [0, 0.1) is 12.3 Å². The molecule has 2 aromatic carbocycles. The number of ketones is 1. The van der Waals surface area contributed by atoms with E-state index in [2.05, 4.69) is 0 Å². The molecule has 1 aliphatic rings. The van der Waals surface area contributed by atoms with Gasteiger partial charge in [-0.15, -0.1) is 0 Å². The number of nitrogens with zero attached hydrogens (tertiary/aromatic N) is 1. The van der Waals surface area contributed by atoms with Crippen LogP contribution in [0.2, 0.25) is 0 Å². The van der Waals surface area contributed by atoms with Crippen molar-refractivity contribution in [3.63, 3.8) is 0 Å². The molecule has 5 heteroatoms. The molecule has 0 fully saturated rings. The molecule has 0 saturated carbocycles. The Morgan fingerprint density at radius 3 is 2.29 bits per heavy atom. The summed E-state index contributed by atoms with van der Waals surface area (Å²) in [4.78, 5) is 27.8. The standard InChI is InChI=1S/C23H25NO4/c1-14-10-6-8-12-16(14)24-19(15-11-7-9-13-17(15)28-5)18(20(25)22(24)27)21(26)23(2,3)4/h6-13,19,25H,1-5H3. The number of methoxy groups -OCH3 is 1. The fraction of sp³-hybridized carbons (Fsp3) is 0.304. The Kier molecular flexibility index (Phi) is 5.02. The smallest absolute Gasteiger partial charge is 0.294 e. The van der Waals surface area contributed by atoms with Gasteiger partial charge in [0, 0.05) is 16.7 Å². The summed E-state index contributed by atoms with van der Waals surface area (Å²) < 4.78 is 5.50. The first kappa shape index (κ1) is 19.7. The number of aliphatic hydroxyl groups excluding tert-OH is 1. The summed E-state index contributed by atoms with van der Waals surface area (Å²) >= 11 is 0. The van der Waals surface area contributed by atoms with Gasteiger partial charge in [-0.05, 0) is 24.6 Å². The van der Waals surface area contributed by atoms with Gasteiger partial charge in [-0.2, -0.15) is 0 Å². The number of rotatable bonds is 4. The van der Waals surface area contributed by atoms with Crippen molar-refractivity contribution in [2.24, 2.45) is 5.41 Å². The van der Waals surface area contributed by atoms with Crippen molar-refractivity contribution in [3.05, 3.63) is 71.0 Å². The van der Waals surface area contributed by atoms with Gasteiger partial charge in [0.2, 0.25) is 0 Å². The lowest BCUT2D eigenvalue weighted by Crippen LogP contribution is -2.33. The van der Waals surface area contributed by atoms with E-state index in [0.717, 1.165) is 5.56 Å². The molecular formula is C23H25NO4. The normalized spacial score (nSPS) is 17.2. The Balaban J connectivity index is 2.29. The Hall–Kier alpha value is -3.08. The third-order valence-electron chi connectivity index (χ3n) is 4.94. The Morgan fingerprint density at radius 1 is 1.07 bits per heavy atom. The number of aryl methyl sites for hydroxylation is 1. The van der Waals surface area contributed by atoms with E-state index >= 15 is 0 Å². The SMILES string of the molecule is COc1ccccc1C1C(C(=O)C(C)(C)C)=C(O)C(=O)N1c1ccccc1C. The number of Topliss-reactive ketones (excluding diaryl/α,β-unsaturated/α-hetero) is 1. The predicted octanol–water partition coefficient (Wildman–Crippen LogP) is 4.52. The monoisotopic (exact) mass is 379 g/mol. The van der Waals surface area contributed by atoms with E-state index in [1.165, 1.54) is 4.90 Å². The fourth-order valence-electron chi connectivity index (χ4n) is 3.51. The number of amides is 1. The first-order valence-corrected chi connectivity index (χ1v) is 9.18. The molecule has 5 nitrogen and oxygen atoms in total. The number of benzene rings is 2. The van der Waals surface area contributed by atoms with Crippen LogP contribution < -0.4 is 9.64 Å². The van der Waals surface area contributed by atoms with E-state index < -0.39 is 23.1 Å². The Bertz CT molecular complexity index is 969. The first-order valence-electron chi connectivity index (χ1n) is 9.18. The lowest BCUT2D eigenvalue weighted by atomic mass is 9.82. The van der Waals surface area contributed by atoms with Crippen LogP contribution in [0.5, 0.6) is 5.75 Å². The summed E-state index contributed by atoms with van der Waals surface area (Å²) in [7, 11) is 1.54. The molecule has 1 amide bonds.